The Morgan fingerprint density at radius 3 is 2.17 bits per heavy atom. The average molecular weight is 574 g/mol. The van der Waals surface area contributed by atoms with Crippen molar-refractivity contribution in [1.82, 2.24) is 0 Å². The van der Waals surface area contributed by atoms with Crippen molar-refractivity contribution in [3.05, 3.63) is 96.1 Å². The highest BCUT2D eigenvalue weighted by Crippen LogP contribution is 2.42. The molecule has 0 fully saturated rings. The monoisotopic (exact) mass is 573 g/mol. The van der Waals surface area contributed by atoms with Gasteiger partial charge in [0.15, 0.2) is 5.75 Å². The summed E-state index contributed by atoms with van der Waals surface area (Å²) in [6.45, 7) is 5.00. The van der Waals surface area contributed by atoms with Crippen LogP contribution in [0.5, 0.6) is 5.75 Å². The molecule has 0 spiro atoms. The number of methoxy groups -OCH3 is 1. The summed E-state index contributed by atoms with van der Waals surface area (Å²) in [7, 11) is -3.00. The standard InChI is InChI=1S/C31H31N3O6S/c1-31(2,3)21-17-25(33-30(37)28(36)24-16-10-12-20-11-8-9-15-23(20)24)29(40-4)26(18-21)34(19-27(32)35)41(38,39)22-13-6-5-7-14-22/h5-18H,19H2,1-4H3,(H2,32,35)(H,33,37). The lowest BCUT2D eigenvalue weighted by Gasteiger charge is -2.29. The highest BCUT2D eigenvalue weighted by atomic mass is 32.2. The van der Waals surface area contributed by atoms with E-state index >= 15 is 0 Å². The number of nitrogens with zero attached hydrogens (tertiary/aromatic N) is 1. The number of fused-ring (bicyclic) bond motifs is 1. The number of nitrogens with one attached hydrogen (secondary N) is 1. The van der Waals surface area contributed by atoms with Crippen molar-refractivity contribution in [2.45, 2.75) is 31.1 Å². The maximum Gasteiger partial charge on any atom is 0.296 e. The van der Waals surface area contributed by atoms with Gasteiger partial charge in [-0.1, -0.05) is 81.4 Å². The lowest BCUT2D eigenvalue weighted by atomic mass is 9.86. The zero-order chi connectivity index (χ0) is 29.9. The van der Waals surface area contributed by atoms with E-state index in [1.165, 1.54) is 19.2 Å². The molecule has 0 bridgehead atoms. The molecule has 0 aliphatic rings. The van der Waals surface area contributed by atoms with Crippen molar-refractivity contribution in [3.63, 3.8) is 0 Å². The number of ketones is 1. The number of ether oxygens (including phenoxy) is 1. The molecule has 0 atom stereocenters. The van der Waals surface area contributed by atoms with Crippen LogP contribution in [0.3, 0.4) is 0 Å². The van der Waals surface area contributed by atoms with Crippen LogP contribution < -0.4 is 20.1 Å². The molecule has 0 aromatic heterocycles. The van der Waals surface area contributed by atoms with Crippen LogP contribution in [-0.4, -0.2) is 39.7 Å². The summed E-state index contributed by atoms with van der Waals surface area (Å²) in [6.07, 6.45) is 0. The van der Waals surface area contributed by atoms with Crippen LogP contribution >= 0.6 is 0 Å². The van der Waals surface area contributed by atoms with Gasteiger partial charge in [0, 0.05) is 5.56 Å². The van der Waals surface area contributed by atoms with E-state index in [9.17, 15) is 22.8 Å². The summed E-state index contributed by atoms with van der Waals surface area (Å²) in [5.41, 5.74) is 5.83. The van der Waals surface area contributed by atoms with E-state index in [1.807, 2.05) is 39.0 Å². The highest BCUT2D eigenvalue weighted by molar-refractivity contribution is 7.92. The molecule has 212 valence electrons. The number of amides is 2. The summed E-state index contributed by atoms with van der Waals surface area (Å²) in [5.74, 6) is -2.68. The fraction of sp³-hybridized carbons (Fsp3) is 0.194. The molecular weight excluding hydrogens is 542 g/mol. The van der Waals surface area contributed by atoms with Gasteiger partial charge in [-0.3, -0.25) is 18.7 Å². The Kier molecular flexibility index (Phi) is 8.16. The van der Waals surface area contributed by atoms with Crippen molar-refractivity contribution in [3.8, 4) is 5.75 Å². The number of rotatable bonds is 9. The van der Waals surface area contributed by atoms with Crippen molar-refractivity contribution in [2.75, 3.05) is 23.3 Å². The number of Topliss-reactive ketones (excluding diaryl/α,β-unsaturated/α-hetero) is 1. The van der Waals surface area contributed by atoms with Crippen LogP contribution in [0.1, 0.15) is 36.7 Å². The molecule has 41 heavy (non-hydrogen) atoms. The van der Waals surface area contributed by atoms with Gasteiger partial charge in [-0.2, -0.15) is 0 Å². The molecule has 0 aliphatic carbocycles. The summed E-state index contributed by atoms with van der Waals surface area (Å²) >= 11 is 0. The van der Waals surface area contributed by atoms with Crippen LogP contribution in [0.15, 0.2) is 89.8 Å². The Bertz CT molecular complexity index is 1740. The van der Waals surface area contributed by atoms with Gasteiger partial charge in [-0.05, 0) is 46.0 Å². The predicted molar refractivity (Wildman–Crippen MR) is 159 cm³/mol. The molecule has 4 rings (SSSR count). The third-order valence-corrected chi connectivity index (χ3v) is 8.30. The van der Waals surface area contributed by atoms with Gasteiger partial charge in [-0.15, -0.1) is 0 Å². The summed E-state index contributed by atoms with van der Waals surface area (Å²) < 4.78 is 34.0. The van der Waals surface area contributed by atoms with Gasteiger partial charge in [-0.25, -0.2) is 8.42 Å². The number of carbonyl (C=O) groups excluding carboxylic acids is 3. The van der Waals surface area contributed by atoms with Crippen LogP contribution in [-0.2, 0) is 25.0 Å². The Hall–Kier alpha value is -4.70. The first kappa shape index (κ1) is 29.3. The van der Waals surface area contributed by atoms with E-state index in [1.54, 1.807) is 54.6 Å². The molecule has 0 heterocycles. The van der Waals surface area contributed by atoms with Gasteiger partial charge in [0.1, 0.15) is 6.54 Å². The number of nitrogens with two attached hydrogens (primary N) is 1. The predicted octanol–water partition coefficient (Wildman–Crippen LogP) is 4.65. The van der Waals surface area contributed by atoms with Crippen LogP contribution in [0, 0.1) is 0 Å². The molecule has 10 heteroatoms. The smallest absolute Gasteiger partial charge is 0.296 e. The number of benzene rings is 4. The first-order valence-corrected chi connectivity index (χ1v) is 14.2. The SMILES string of the molecule is COc1c(NC(=O)C(=O)c2cccc3ccccc23)cc(C(C)(C)C)cc1N(CC(N)=O)S(=O)(=O)c1ccccc1. The van der Waals surface area contributed by atoms with E-state index in [0.29, 0.717) is 10.9 Å². The number of hydrogen-bond acceptors (Lipinski definition) is 6. The third-order valence-electron chi connectivity index (χ3n) is 6.53. The second-order valence-electron chi connectivity index (χ2n) is 10.4. The van der Waals surface area contributed by atoms with Crippen LogP contribution in [0.2, 0.25) is 0 Å². The second-order valence-corrected chi connectivity index (χ2v) is 12.3. The van der Waals surface area contributed by atoms with E-state index in [2.05, 4.69) is 5.32 Å². The average Bonchev–Trinajstić information content (AvgIpc) is 2.94. The van der Waals surface area contributed by atoms with Gasteiger partial charge in [0.25, 0.3) is 21.7 Å². The lowest BCUT2D eigenvalue weighted by molar-refractivity contribution is -0.116. The molecular formula is C31H31N3O6S. The van der Waals surface area contributed by atoms with Gasteiger partial charge < -0.3 is 15.8 Å². The molecule has 2 amide bonds. The maximum atomic E-state index is 13.8. The molecule has 0 saturated carbocycles. The fourth-order valence-electron chi connectivity index (χ4n) is 4.42. The largest absolute Gasteiger partial charge is 0.492 e. The van der Waals surface area contributed by atoms with Crippen molar-refractivity contribution in [1.29, 1.82) is 0 Å². The minimum Gasteiger partial charge on any atom is -0.492 e. The third kappa shape index (κ3) is 6.07. The Morgan fingerprint density at radius 2 is 1.54 bits per heavy atom. The van der Waals surface area contributed by atoms with E-state index in [4.69, 9.17) is 10.5 Å². The Morgan fingerprint density at radius 1 is 0.902 bits per heavy atom. The minimum absolute atomic E-state index is 0.0181. The second kappa shape index (κ2) is 11.4. The first-order chi connectivity index (χ1) is 19.3. The topological polar surface area (TPSA) is 136 Å². The van der Waals surface area contributed by atoms with Crippen molar-refractivity contribution in [2.24, 2.45) is 5.73 Å². The number of carbonyl (C=O) groups is 3. The summed E-state index contributed by atoms with van der Waals surface area (Å²) in [4.78, 5) is 38.7. The lowest BCUT2D eigenvalue weighted by Crippen LogP contribution is -2.39. The fourth-order valence-corrected chi connectivity index (χ4v) is 5.87. The number of primary amides is 1. The number of anilines is 2. The quantitative estimate of drug-likeness (QED) is 0.221. The minimum atomic E-state index is -4.30. The molecule has 3 N–H and O–H groups in total. The summed E-state index contributed by atoms with van der Waals surface area (Å²) in [6, 6.07) is 23.1. The number of hydrogen-bond donors (Lipinski definition) is 2. The normalized spacial score (nSPS) is 11.6. The Balaban J connectivity index is 1.87. The van der Waals surface area contributed by atoms with E-state index < -0.39 is 39.6 Å². The maximum absolute atomic E-state index is 13.8. The van der Waals surface area contributed by atoms with E-state index in [0.717, 1.165) is 9.69 Å². The van der Waals surface area contributed by atoms with Gasteiger partial charge in [0.05, 0.1) is 23.4 Å². The molecule has 9 nitrogen and oxygen atoms in total. The van der Waals surface area contributed by atoms with Gasteiger partial charge in [0.2, 0.25) is 5.91 Å². The van der Waals surface area contributed by atoms with Crippen molar-refractivity contribution < 1.29 is 27.5 Å². The molecule has 0 aliphatic heterocycles. The number of sulfonamides is 1. The highest BCUT2D eigenvalue weighted by Gasteiger charge is 2.32. The van der Waals surface area contributed by atoms with Crippen LogP contribution in [0.25, 0.3) is 10.8 Å². The van der Waals surface area contributed by atoms with Crippen molar-refractivity contribution >= 4 is 49.8 Å². The molecule has 4 aromatic rings. The van der Waals surface area contributed by atoms with Gasteiger partial charge >= 0.3 is 0 Å². The van der Waals surface area contributed by atoms with E-state index in [-0.39, 0.29) is 27.6 Å². The molecule has 0 radical (unpaired) electrons. The molecule has 0 unspecified atom stereocenters. The Labute approximate surface area is 239 Å². The molecule has 4 aromatic carbocycles. The first-order valence-electron chi connectivity index (χ1n) is 12.8. The zero-order valence-corrected chi connectivity index (χ0v) is 24.0. The van der Waals surface area contributed by atoms with Crippen LogP contribution in [0.4, 0.5) is 11.4 Å². The summed E-state index contributed by atoms with van der Waals surface area (Å²) in [5, 5.41) is 4.04. The zero-order valence-electron chi connectivity index (χ0n) is 23.2. The molecule has 0 saturated heterocycles.